The molecule has 0 aliphatic carbocycles. The Hall–Kier alpha value is -2.95. The highest BCUT2D eigenvalue weighted by Crippen LogP contribution is 2.18. The van der Waals surface area contributed by atoms with E-state index in [9.17, 15) is 10.1 Å². The minimum atomic E-state index is -0.515. The van der Waals surface area contributed by atoms with Gasteiger partial charge in [-0.05, 0) is 12.1 Å². The molecule has 0 heterocycles. The van der Waals surface area contributed by atoms with Crippen LogP contribution in [-0.2, 0) is 0 Å². The summed E-state index contributed by atoms with van der Waals surface area (Å²) in [4.78, 5) is 14.5. The quantitative estimate of drug-likeness (QED) is 0.462. The molecule has 0 fully saturated rings. The van der Waals surface area contributed by atoms with Gasteiger partial charge < -0.3 is 5.32 Å². The highest BCUT2D eigenvalue weighted by molar-refractivity contribution is 5.79. The van der Waals surface area contributed by atoms with Gasteiger partial charge in [0.15, 0.2) is 0 Å². The van der Waals surface area contributed by atoms with E-state index in [-0.39, 0.29) is 5.70 Å². The lowest BCUT2D eigenvalue weighted by Gasteiger charge is -2.14. The Morgan fingerprint density at radius 2 is 1.65 bits per heavy atom. The first-order valence-electron chi connectivity index (χ1n) is 5.95. The minimum absolute atomic E-state index is 0.169. The van der Waals surface area contributed by atoms with Crippen molar-refractivity contribution >= 4 is 17.6 Å². The second-order valence-corrected chi connectivity index (χ2v) is 3.87. The lowest BCUT2D eigenvalue weighted by Crippen LogP contribution is -1.99. The number of aliphatic imine (C=N–C) groups is 1. The van der Waals surface area contributed by atoms with E-state index < -0.39 is 4.92 Å². The van der Waals surface area contributed by atoms with E-state index >= 15 is 0 Å². The van der Waals surface area contributed by atoms with Gasteiger partial charge in [-0.1, -0.05) is 54.7 Å². The molecular weight excluding hydrogens is 254 g/mol. The van der Waals surface area contributed by atoms with Crippen LogP contribution in [0.4, 0.5) is 11.4 Å². The standard InChI is InChI=1S/C15H12N3O2/c19-18(20)15(11-16-13-7-3-1-4-8-13)12-17-14-9-5-2-6-10-14/h1-12H/q-1/b15-11-,17-12?. The van der Waals surface area contributed by atoms with Gasteiger partial charge in [-0.15, -0.1) is 5.69 Å². The third-order valence-corrected chi connectivity index (χ3v) is 2.41. The fourth-order valence-electron chi connectivity index (χ4n) is 1.44. The maximum absolute atomic E-state index is 10.9. The molecule has 100 valence electrons. The Morgan fingerprint density at radius 3 is 2.25 bits per heavy atom. The Bertz CT molecular complexity index is 622. The second-order valence-electron chi connectivity index (χ2n) is 3.87. The van der Waals surface area contributed by atoms with Gasteiger partial charge in [-0.3, -0.25) is 10.1 Å². The molecule has 0 saturated heterocycles. The van der Waals surface area contributed by atoms with Gasteiger partial charge in [-0.25, -0.2) is 4.99 Å². The van der Waals surface area contributed by atoms with Gasteiger partial charge >= 0.3 is 0 Å². The summed E-state index contributed by atoms with van der Waals surface area (Å²) in [5, 5.41) is 15.0. The summed E-state index contributed by atoms with van der Waals surface area (Å²) in [5.74, 6) is 0. The minimum Gasteiger partial charge on any atom is -0.659 e. The lowest BCUT2D eigenvalue weighted by molar-refractivity contribution is -0.414. The van der Waals surface area contributed by atoms with E-state index in [1.165, 1.54) is 12.4 Å². The molecule has 0 atom stereocenters. The molecule has 0 N–H and O–H groups in total. The molecule has 2 aromatic rings. The van der Waals surface area contributed by atoms with Crippen molar-refractivity contribution < 1.29 is 4.92 Å². The zero-order chi connectivity index (χ0) is 14.2. The van der Waals surface area contributed by atoms with Crippen LogP contribution < -0.4 is 0 Å². The number of benzene rings is 2. The average molecular weight is 266 g/mol. The summed E-state index contributed by atoms with van der Waals surface area (Å²) < 4.78 is 0. The summed E-state index contributed by atoms with van der Waals surface area (Å²) in [6, 6.07) is 18.0. The van der Waals surface area contributed by atoms with Crippen LogP contribution in [0.15, 0.2) is 77.6 Å². The maximum Gasteiger partial charge on any atom is 0.265 e. The summed E-state index contributed by atoms with van der Waals surface area (Å²) in [5.41, 5.74) is 1.14. The molecular formula is C15H12N3O2-. The average Bonchev–Trinajstić information content (AvgIpc) is 2.49. The van der Waals surface area contributed by atoms with Crippen LogP contribution >= 0.6 is 0 Å². The summed E-state index contributed by atoms with van der Waals surface area (Å²) >= 11 is 0. The third-order valence-electron chi connectivity index (χ3n) is 2.41. The summed E-state index contributed by atoms with van der Waals surface area (Å²) in [6.07, 6.45) is 2.39. The van der Waals surface area contributed by atoms with E-state index in [0.29, 0.717) is 11.4 Å². The zero-order valence-corrected chi connectivity index (χ0v) is 10.6. The van der Waals surface area contributed by atoms with Crippen molar-refractivity contribution in [3.05, 3.63) is 88.0 Å². The van der Waals surface area contributed by atoms with Gasteiger partial charge in [0, 0.05) is 0 Å². The first-order valence-corrected chi connectivity index (χ1v) is 5.95. The first-order chi connectivity index (χ1) is 9.75. The number of nitrogens with zero attached hydrogens (tertiary/aromatic N) is 3. The van der Waals surface area contributed by atoms with E-state index in [0.717, 1.165) is 0 Å². The monoisotopic (exact) mass is 266 g/mol. The van der Waals surface area contributed by atoms with Crippen LogP contribution in [0.3, 0.4) is 0 Å². The van der Waals surface area contributed by atoms with E-state index in [4.69, 9.17) is 0 Å². The zero-order valence-electron chi connectivity index (χ0n) is 10.6. The first kappa shape index (κ1) is 13.5. The Morgan fingerprint density at radius 1 is 1.05 bits per heavy atom. The predicted octanol–water partition coefficient (Wildman–Crippen LogP) is 4.21. The molecule has 0 radical (unpaired) electrons. The smallest absolute Gasteiger partial charge is 0.265 e. The highest BCUT2D eigenvalue weighted by Gasteiger charge is 2.02. The molecule has 20 heavy (non-hydrogen) atoms. The van der Waals surface area contributed by atoms with Crippen molar-refractivity contribution in [1.29, 1.82) is 0 Å². The van der Waals surface area contributed by atoms with Crippen LogP contribution in [0.5, 0.6) is 0 Å². The normalized spacial score (nSPS) is 11.5. The SMILES string of the molecule is O=[N+]([O-])/C(C=Nc1ccccc1)=C\[N-]c1ccccc1. The van der Waals surface area contributed by atoms with Crippen LogP contribution in [0, 0.1) is 10.1 Å². The van der Waals surface area contributed by atoms with Crippen molar-refractivity contribution in [2.24, 2.45) is 4.99 Å². The molecule has 5 nitrogen and oxygen atoms in total. The molecule has 2 rings (SSSR count). The van der Waals surface area contributed by atoms with Crippen molar-refractivity contribution in [3.8, 4) is 0 Å². The Balaban J connectivity index is 2.11. The fraction of sp³-hybridized carbons (Fsp3) is 0. The summed E-state index contributed by atoms with van der Waals surface area (Å²) in [6.45, 7) is 0. The number of rotatable bonds is 5. The maximum atomic E-state index is 10.9. The van der Waals surface area contributed by atoms with Crippen molar-refractivity contribution in [1.82, 2.24) is 0 Å². The van der Waals surface area contributed by atoms with Crippen molar-refractivity contribution in [3.63, 3.8) is 0 Å². The molecule has 0 bridgehead atoms. The van der Waals surface area contributed by atoms with Gasteiger partial charge in [0.25, 0.3) is 5.70 Å². The molecule has 0 saturated carbocycles. The van der Waals surface area contributed by atoms with Gasteiger partial charge in [0.1, 0.15) is 6.21 Å². The fourth-order valence-corrected chi connectivity index (χ4v) is 1.44. The van der Waals surface area contributed by atoms with E-state index in [1.807, 2.05) is 36.4 Å². The molecule has 0 unspecified atom stereocenters. The predicted molar refractivity (Wildman–Crippen MR) is 79.1 cm³/mol. The second kappa shape index (κ2) is 6.84. The Kier molecular flexibility index (Phi) is 4.61. The molecule has 0 aliphatic heterocycles. The van der Waals surface area contributed by atoms with Gasteiger partial charge in [0.05, 0.1) is 10.6 Å². The number of para-hydroxylation sites is 2. The summed E-state index contributed by atoms with van der Waals surface area (Å²) in [7, 11) is 0. The molecule has 0 amide bonds. The number of nitro groups is 1. The molecule has 0 aromatic heterocycles. The van der Waals surface area contributed by atoms with Crippen LogP contribution in [-0.4, -0.2) is 11.1 Å². The lowest BCUT2D eigenvalue weighted by atomic mass is 10.3. The third kappa shape index (κ3) is 4.06. The van der Waals surface area contributed by atoms with Gasteiger partial charge in [-0.2, -0.15) is 0 Å². The van der Waals surface area contributed by atoms with E-state index in [1.54, 1.807) is 24.3 Å². The number of hydrogen-bond acceptors (Lipinski definition) is 3. The van der Waals surface area contributed by atoms with Gasteiger partial charge in [0.2, 0.25) is 0 Å². The van der Waals surface area contributed by atoms with Crippen LogP contribution in [0.25, 0.3) is 5.32 Å². The Labute approximate surface area is 116 Å². The van der Waals surface area contributed by atoms with Crippen molar-refractivity contribution in [2.45, 2.75) is 0 Å². The van der Waals surface area contributed by atoms with Crippen LogP contribution in [0.2, 0.25) is 0 Å². The van der Waals surface area contributed by atoms with E-state index in [2.05, 4.69) is 10.3 Å². The highest BCUT2D eigenvalue weighted by atomic mass is 16.6. The largest absolute Gasteiger partial charge is 0.659 e. The molecule has 0 spiro atoms. The molecule has 0 aliphatic rings. The van der Waals surface area contributed by atoms with Crippen molar-refractivity contribution in [2.75, 3.05) is 0 Å². The number of hydrogen-bond donors (Lipinski definition) is 0. The van der Waals surface area contributed by atoms with Crippen LogP contribution in [0.1, 0.15) is 0 Å². The topological polar surface area (TPSA) is 69.6 Å². The molecule has 5 heteroatoms. The number of allylic oxidation sites excluding steroid dienone is 1. The molecule has 2 aromatic carbocycles.